The Morgan fingerprint density at radius 1 is 1.09 bits per heavy atom. The molecule has 0 amide bonds. The lowest BCUT2D eigenvalue weighted by Crippen LogP contribution is -2.49. The Bertz CT molecular complexity index is 1270. The van der Waals surface area contributed by atoms with E-state index in [0.29, 0.717) is 31.1 Å². The fourth-order valence-electron chi connectivity index (χ4n) is 4.04. The molecule has 176 valence electrons. The van der Waals surface area contributed by atoms with E-state index in [2.05, 4.69) is 15.1 Å². The van der Waals surface area contributed by atoms with Crippen LogP contribution in [-0.4, -0.2) is 71.0 Å². The molecular formula is C22H28N6O4S. The number of para-hydroxylation sites is 2. The van der Waals surface area contributed by atoms with Crippen molar-refractivity contribution in [2.45, 2.75) is 25.8 Å². The van der Waals surface area contributed by atoms with Crippen molar-refractivity contribution >= 4 is 21.6 Å². The second kappa shape index (κ2) is 8.99. The van der Waals surface area contributed by atoms with Crippen molar-refractivity contribution in [2.24, 2.45) is 7.05 Å². The minimum absolute atomic E-state index is 0.00724. The van der Waals surface area contributed by atoms with Crippen molar-refractivity contribution in [1.82, 2.24) is 23.9 Å². The lowest BCUT2D eigenvalue weighted by Gasteiger charge is -2.35. The van der Waals surface area contributed by atoms with Crippen molar-refractivity contribution in [2.75, 3.05) is 37.7 Å². The molecule has 33 heavy (non-hydrogen) atoms. The third-order valence-electron chi connectivity index (χ3n) is 5.56. The Balaban J connectivity index is 1.57. The molecule has 0 radical (unpaired) electrons. The predicted molar refractivity (Wildman–Crippen MR) is 123 cm³/mol. The van der Waals surface area contributed by atoms with E-state index in [9.17, 15) is 13.2 Å². The van der Waals surface area contributed by atoms with Gasteiger partial charge in [-0.2, -0.15) is 14.5 Å². The first-order chi connectivity index (χ1) is 15.7. The Morgan fingerprint density at radius 3 is 2.42 bits per heavy atom. The van der Waals surface area contributed by atoms with Gasteiger partial charge in [-0.15, -0.1) is 0 Å². The molecule has 10 nitrogen and oxygen atoms in total. The minimum Gasteiger partial charge on any atom is -0.492 e. The third-order valence-corrected chi connectivity index (χ3v) is 7.39. The summed E-state index contributed by atoms with van der Waals surface area (Å²) in [5, 5.41) is 8.10. The fourth-order valence-corrected chi connectivity index (χ4v) is 5.58. The van der Waals surface area contributed by atoms with Crippen molar-refractivity contribution < 1.29 is 17.9 Å². The van der Waals surface area contributed by atoms with Gasteiger partial charge >= 0.3 is 0 Å². The van der Waals surface area contributed by atoms with Crippen LogP contribution in [0.4, 0.5) is 5.69 Å². The van der Waals surface area contributed by atoms with Gasteiger partial charge in [0.15, 0.2) is 0 Å². The van der Waals surface area contributed by atoms with Gasteiger partial charge in [0.1, 0.15) is 11.3 Å². The van der Waals surface area contributed by atoms with Gasteiger partial charge in [-0.3, -0.25) is 9.48 Å². The molecule has 0 N–H and O–H groups in total. The number of benzene rings is 1. The van der Waals surface area contributed by atoms with Crippen LogP contribution in [0.3, 0.4) is 0 Å². The molecule has 0 bridgehead atoms. The zero-order valence-corrected chi connectivity index (χ0v) is 20.0. The fraction of sp³-hybridized carbons (Fsp3) is 0.409. The van der Waals surface area contributed by atoms with E-state index in [1.807, 2.05) is 31.2 Å². The first-order valence-electron chi connectivity index (χ1n) is 10.8. The molecule has 3 aromatic rings. The second-order valence-electron chi connectivity index (χ2n) is 7.96. The van der Waals surface area contributed by atoms with Gasteiger partial charge in [-0.25, -0.2) is 13.1 Å². The molecule has 0 saturated carbocycles. The van der Waals surface area contributed by atoms with E-state index in [-0.39, 0.29) is 23.7 Å². The largest absolute Gasteiger partial charge is 0.492 e. The molecule has 3 heterocycles. The number of hydrogen-bond donors (Lipinski definition) is 0. The molecule has 1 aromatic carbocycles. The highest BCUT2D eigenvalue weighted by Gasteiger charge is 2.35. The normalized spacial score (nSPS) is 15.1. The van der Waals surface area contributed by atoms with Gasteiger partial charge in [-0.1, -0.05) is 12.1 Å². The molecule has 2 aromatic heterocycles. The Hall–Kier alpha value is -3.18. The summed E-state index contributed by atoms with van der Waals surface area (Å²) < 4.78 is 36.6. The molecular weight excluding hydrogens is 444 g/mol. The maximum Gasteiger partial charge on any atom is 0.283 e. The van der Waals surface area contributed by atoms with Gasteiger partial charge < -0.3 is 9.64 Å². The van der Waals surface area contributed by atoms with Crippen LogP contribution in [0.5, 0.6) is 5.75 Å². The molecule has 11 heteroatoms. The first kappa shape index (κ1) is 23.0. The summed E-state index contributed by atoms with van der Waals surface area (Å²) in [6.07, 6.45) is 1.43. The molecule has 4 rings (SSSR count). The highest BCUT2D eigenvalue weighted by molar-refractivity contribution is 7.89. The number of carbonyl (C=O) groups is 1. The topological polar surface area (TPSA) is 103 Å². The van der Waals surface area contributed by atoms with Crippen LogP contribution in [0.1, 0.15) is 28.7 Å². The summed E-state index contributed by atoms with van der Waals surface area (Å²) in [5.74, 6) is 0.260. The van der Waals surface area contributed by atoms with Crippen LogP contribution in [0, 0.1) is 13.8 Å². The van der Waals surface area contributed by atoms with Crippen LogP contribution in [0.15, 0.2) is 41.6 Å². The highest BCUT2D eigenvalue weighted by atomic mass is 32.2. The number of ether oxygens (including phenoxy) is 1. The second-order valence-corrected chi connectivity index (χ2v) is 9.81. The van der Waals surface area contributed by atoms with Gasteiger partial charge in [0.25, 0.3) is 15.9 Å². The molecule has 0 unspecified atom stereocenters. The molecule has 1 saturated heterocycles. The number of anilines is 1. The number of carbonyl (C=O) groups excluding carboxylic acids is 1. The van der Waals surface area contributed by atoms with Crippen LogP contribution in [0.25, 0.3) is 0 Å². The van der Waals surface area contributed by atoms with Crippen LogP contribution in [0.2, 0.25) is 0 Å². The molecule has 1 aliphatic rings. The Kier molecular flexibility index (Phi) is 6.26. The van der Waals surface area contributed by atoms with Gasteiger partial charge in [0.05, 0.1) is 18.0 Å². The van der Waals surface area contributed by atoms with Crippen LogP contribution >= 0.6 is 0 Å². The zero-order chi connectivity index (χ0) is 23.8. The average molecular weight is 473 g/mol. The maximum absolute atomic E-state index is 13.5. The highest BCUT2D eigenvalue weighted by Crippen LogP contribution is 2.30. The summed E-state index contributed by atoms with van der Waals surface area (Å²) in [4.78, 5) is 15.2. The van der Waals surface area contributed by atoms with Crippen molar-refractivity contribution in [3.05, 3.63) is 53.5 Å². The summed E-state index contributed by atoms with van der Waals surface area (Å²) in [6, 6.07) is 9.50. The van der Waals surface area contributed by atoms with E-state index < -0.39 is 15.9 Å². The number of nitrogens with zero attached hydrogens (tertiary/aromatic N) is 6. The number of aromatic nitrogens is 4. The van der Waals surface area contributed by atoms with E-state index >= 15 is 0 Å². The maximum atomic E-state index is 13.5. The van der Waals surface area contributed by atoms with Gasteiger partial charge in [-0.05, 0) is 39.0 Å². The number of sulfonamides is 1. The number of piperazine rings is 1. The smallest absolute Gasteiger partial charge is 0.283 e. The standard InChI is InChI=1S/C22H28N6O4S/c1-5-32-20-9-7-6-8-19(20)26-10-12-27(13-11-26)33(30,31)21-18(15-25(4)24-21)22(29)28-17(3)14-16(2)23-28/h6-9,14-15H,5,10-13H2,1-4H3. The Morgan fingerprint density at radius 2 is 1.79 bits per heavy atom. The number of rotatable bonds is 6. The van der Waals surface area contributed by atoms with Crippen molar-refractivity contribution in [3.8, 4) is 5.75 Å². The SMILES string of the molecule is CCOc1ccccc1N1CCN(S(=O)(=O)c2nn(C)cc2C(=O)n2nc(C)cc2C)CC1. The van der Waals surface area contributed by atoms with E-state index in [0.717, 1.165) is 11.4 Å². The van der Waals surface area contributed by atoms with Crippen LogP contribution in [-0.2, 0) is 17.1 Å². The number of aryl methyl sites for hydroxylation is 3. The summed E-state index contributed by atoms with van der Waals surface area (Å²) in [7, 11) is -2.38. The average Bonchev–Trinajstić information content (AvgIpc) is 3.36. The van der Waals surface area contributed by atoms with E-state index in [4.69, 9.17) is 4.74 Å². The third kappa shape index (κ3) is 4.38. The minimum atomic E-state index is -3.98. The zero-order valence-electron chi connectivity index (χ0n) is 19.2. The summed E-state index contributed by atoms with van der Waals surface area (Å²) >= 11 is 0. The monoisotopic (exact) mass is 472 g/mol. The quantitative estimate of drug-likeness (QED) is 0.539. The lowest BCUT2D eigenvalue weighted by molar-refractivity contribution is 0.0938. The van der Waals surface area contributed by atoms with Crippen LogP contribution < -0.4 is 9.64 Å². The Labute approximate surface area is 193 Å². The molecule has 0 aliphatic carbocycles. The summed E-state index contributed by atoms with van der Waals surface area (Å²) in [6.45, 7) is 7.55. The lowest BCUT2D eigenvalue weighted by atomic mass is 10.2. The summed E-state index contributed by atoms with van der Waals surface area (Å²) in [5.41, 5.74) is 2.26. The predicted octanol–water partition coefficient (Wildman–Crippen LogP) is 1.83. The molecule has 1 fully saturated rings. The number of hydrogen-bond acceptors (Lipinski definition) is 7. The van der Waals surface area contributed by atoms with Crippen molar-refractivity contribution in [3.63, 3.8) is 0 Å². The first-order valence-corrected chi connectivity index (χ1v) is 12.2. The van der Waals surface area contributed by atoms with E-state index in [1.54, 1.807) is 27.0 Å². The molecule has 1 aliphatic heterocycles. The van der Waals surface area contributed by atoms with Gasteiger partial charge in [0.2, 0.25) is 5.03 Å². The van der Waals surface area contributed by atoms with Crippen molar-refractivity contribution in [1.29, 1.82) is 0 Å². The molecule has 0 spiro atoms. The van der Waals surface area contributed by atoms with Gasteiger partial charge in [0, 0.05) is 45.1 Å². The van der Waals surface area contributed by atoms with E-state index in [1.165, 1.54) is 19.9 Å². The molecule has 0 atom stereocenters.